The van der Waals surface area contributed by atoms with Crippen LogP contribution in [0.4, 0.5) is 18.9 Å². The van der Waals surface area contributed by atoms with Gasteiger partial charge in [0.1, 0.15) is 10.7 Å². The van der Waals surface area contributed by atoms with Crippen LogP contribution in [0.1, 0.15) is 35.5 Å². The van der Waals surface area contributed by atoms with Crippen molar-refractivity contribution in [3.05, 3.63) is 68.4 Å². The Labute approximate surface area is 194 Å². The SMILES string of the molecule is CC(c1ccccc1C(F)(F)F)n1nnc2c1CCN(c1cnn(PI)c(=O)c1Cl)C2. The molecule has 4 rings (SSSR count). The first kappa shape index (κ1) is 22.5. The van der Waals surface area contributed by atoms with Gasteiger partial charge in [0.05, 0.1) is 42.1 Å². The monoisotopic (exact) mass is 582 g/mol. The Morgan fingerprint density at radius 2 is 2.03 bits per heavy atom. The average Bonchev–Trinajstić information content (AvgIpc) is 3.17. The Bertz CT molecular complexity index is 1180. The smallest absolute Gasteiger partial charge is 0.362 e. The molecule has 0 radical (unpaired) electrons. The molecule has 7 nitrogen and oxygen atoms in total. The molecule has 3 heterocycles. The molecule has 2 unspecified atom stereocenters. The van der Waals surface area contributed by atoms with Gasteiger partial charge in [-0.2, -0.15) is 18.3 Å². The molecule has 1 aromatic carbocycles. The molecular weight excluding hydrogens is 567 g/mol. The van der Waals surface area contributed by atoms with Crippen molar-refractivity contribution in [1.29, 1.82) is 0 Å². The third-order valence-electron chi connectivity index (χ3n) is 5.23. The number of aromatic nitrogens is 5. The number of anilines is 1. The van der Waals surface area contributed by atoms with E-state index in [9.17, 15) is 18.0 Å². The molecule has 0 spiro atoms. The number of hydrogen-bond acceptors (Lipinski definition) is 5. The normalized spacial score (nSPS) is 15.5. The fourth-order valence-corrected chi connectivity index (χ4v) is 5.34. The van der Waals surface area contributed by atoms with Crippen LogP contribution < -0.4 is 10.5 Å². The van der Waals surface area contributed by atoms with Gasteiger partial charge < -0.3 is 4.90 Å². The van der Waals surface area contributed by atoms with Crippen molar-refractivity contribution in [2.45, 2.75) is 32.1 Å². The van der Waals surface area contributed by atoms with Gasteiger partial charge in [-0.3, -0.25) is 4.79 Å². The molecule has 0 bridgehead atoms. The van der Waals surface area contributed by atoms with Crippen molar-refractivity contribution >= 4 is 45.7 Å². The maximum Gasteiger partial charge on any atom is 0.416 e. The lowest BCUT2D eigenvalue weighted by molar-refractivity contribution is -0.138. The first-order valence-electron chi connectivity index (χ1n) is 9.21. The number of nitrogens with zero attached hydrogens (tertiary/aromatic N) is 6. The molecule has 2 aromatic heterocycles. The lowest BCUT2D eigenvalue weighted by Crippen LogP contribution is -2.33. The lowest BCUT2D eigenvalue weighted by atomic mass is 10.0. The first-order chi connectivity index (χ1) is 14.7. The Morgan fingerprint density at radius 1 is 1.29 bits per heavy atom. The van der Waals surface area contributed by atoms with Crippen molar-refractivity contribution in [2.75, 3.05) is 11.4 Å². The number of benzene rings is 1. The topological polar surface area (TPSA) is 68.8 Å². The highest BCUT2D eigenvalue weighted by Crippen LogP contribution is 2.36. The molecule has 0 amide bonds. The maximum absolute atomic E-state index is 13.5. The Balaban J connectivity index is 1.64. The summed E-state index contributed by atoms with van der Waals surface area (Å²) in [5, 5.41) is 12.6. The molecule has 1 aliphatic heterocycles. The minimum Gasteiger partial charge on any atom is -0.362 e. The van der Waals surface area contributed by atoms with Gasteiger partial charge in [-0.25, -0.2) is 9.13 Å². The zero-order valence-electron chi connectivity index (χ0n) is 16.1. The predicted octanol–water partition coefficient (Wildman–Crippen LogP) is 4.47. The summed E-state index contributed by atoms with van der Waals surface area (Å²) in [5.74, 6) is 0. The number of fused-ring (bicyclic) bond motifs is 1. The predicted molar refractivity (Wildman–Crippen MR) is 121 cm³/mol. The van der Waals surface area contributed by atoms with Crippen LogP contribution in [0.2, 0.25) is 5.02 Å². The molecule has 3 aromatic rings. The molecule has 0 saturated carbocycles. The Morgan fingerprint density at radius 3 is 2.74 bits per heavy atom. The van der Waals surface area contributed by atoms with Gasteiger partial charge in [0.25, 0.3) is 5.56 Å². The Hall–Kier alpha value is -1.72. The third-order valence-corrected chi connectivity index (χ3v) is 7.44. The van der Waals surface area contributed by atoms with Gasteiger partial charge in [0.15, 0.2) is 0 Å². The molecule has 1 aliphatic rings. The maximum atomic E-state index is 13.5. The van der Waals surface area contributed by atoms with Crippen LogP contribution in [0.25, 0.3) is 0 Å². The van der Waals surface area contributed by atoms with Crippen LogP contribution in [0, 0.1) is 0 Å². The molecule has 0 fully saturated rings. The second kappa shape index (κ2) is 8.67. The number of hydrogen-bond donors (Lipinski definition) is 0. The Kier molecular flexibility index (Phi) is 6.28. The van der Waals surface area contributed by atoms with Crippen LogP contribution in [-0.2, 0) is 19.1 Å². The standard InChI is InChI=1S/C18H16ClF3IN6OP/c1-10(11-4-2-3-5-12(11)18(20,21)22)28-14-6-7-27(9-13(14)25-26-28)15-8-24-29(31-23)17(30)16(15)19/h2-5,8,10,31H,6-7,9H2,1H3. The van der Waals surface area contributed by atoms with Crippen LogP contribution in [0.5, 0.6) is 0 Å². The van der Waals surface area contributed by atoms with Gasteiger partial charge in [0, 0.05) is 13.0 Å². The second-order valence-corrected chi connectivity index (χ2v) is 9.42. The summed E-state index contributed by atoms with van der Waals surface area (Å²) in [6.07, 6.45) is -2.27. The summed E-state index contributed by atoms with van der Waals surface area (Å²) in [6, 6.07) is 4.85. The van der Waals surface area contributed by atoms with Crippen LogP contribution in [-0.4, -0.2) is 31.1 Å². The van der Waals surface area contributed by atoms with E-state index in [1.807, 2.05) is 26.9 Å². The third kappa shape index (κ3) is 4.19. The highest BCUT2D eigenvalue weighted by molar-refractivity contribution is 14.2. The average molecular weight is 583 g/mol. The van der Waals surface area contributed by atoms with Crippen molar-refractivity contribution in [3.63, 3.8) is 0 Å². The molecular formula is C18H16ClF3IN6OP. The van der Waals surface area contributed by atoms with E-state index in [0.717, 1.165) is 11.8 Å². The second-order valence-electron chi connectivity index (χ2n) is 7.01. The summed E-state index contributed by atoms with van der Waals surface area (Å²) in [4.78, 5) is 14.2. The summed E-state index contributed by atoms with van der Waals surface area (Å²) < 4.78 is 43.2. The highest BCUT2D eigenvalue weighted by Gasteiger charge is 2.35. The fourth-order valence-electron chi connectivity index (χ4n) is 3.70. The van der Waals surface area contributed by atoms with Crippen LogP contribution >= 0.6 is 40.0 Å². The van der Waals surface area contributed by atoms with E-state index in [-0.39, 0.29) is 22.5 Å². The van der Waals surface area contributed by atoms with Gasteiger partial charge in [-0.05, 0) is 40.6 Å². The van der Waals surface area contributed by atoms with Gasteiger partial charge >= 0.3 is 6.18 Å². The highest BCUT2D eigenvalue weighted by atomic mass is 127. The minimum absolute atomic E-state index is 0.0856. The van der Waals surface area contributed by atoms with E-state index in [4.69, 9.17) is 11.6 Å². The summed E-state index contributed by atoms with van der Waals surface area (Å²) in [5.41, 5.74) is 1.01. The zero-order valence-corrected chi connectivity index (χ0v) is 20.0. The summed E-state index contributed by atoms with van der Waals surface area (Å²) >= 11 is 8.32. The van der Waals surface area contributed by atoms with Crippen molar-refractivity contribution in [2.24, 2.45) is 0 Å². The molecule has 31 heavy (non-hydrogen) atoms. The van der Waals surface area contributed by atoms with Crippen molar-refractivity contribution in [1.82, 2.24) is 24.5 Å². The molecule has 0 N–H and O–H groups in total. The van der Waals surface area contributed by atoms with Crippen LogP contribution in [0.15, 0.2) is 35.3 Å². The molecule has 0 aliphatic carbocycles. The zero-order chi connectivity index (χ0) is 22.3. The van der Waals surface area contributed by atoms with Gasteiger partial charge in [-0.1, -0.05) is 35.0 Å². The fraction of sp³-hybridized carbons (Fsp3) is 0.333. The van der Waals surface area contributed by atoms with E-state index >= 15 is 0 Å². The summed E-state index contributed by atoms with van der Waals surface area (Å²) in [6.45, 7) is 2.52. The largest absolute Gasteiger partial charge is 0.416 e. The number of alkyl halides is 3. The lowest BCUT2D eigenvalue weighted by Gasteiger charge is -2.29. The molecule has 2 atom stereocenters. The number of rotatable bonds is 4. The molecule has 164 valence electrons. The molecule has 0 saturated heterocycles. The van der Waals surface area contributed by atoms with Crippen LogP contribution in [0.3, 0.4) is 0 Å². The minimum atomic E-state index is -4.45. The van der Waals surface area contributed by atoms with E-state index in [1.54, 1.807) is 23.9 Å². The summed E-state index contributed by atoms with van der Waals surface area (Å²) in [7, 11) is 0. The quantitative estimate of drug-likeness (QED) is 0.336. The number of halogens is 5. The van der Waals surface area contributed by atoms with E-state index < -0.39 is 17.8 Å². The van der Waals surface area contributed by atoms with E-state index in [0.29, 0.717) is 30.9 Å². The van der Waals surface area contributed by atoms with Crippen molar-refractivity contribution < 1.29 is 13.2 Å². The van der Waals surface area contributed by atoms with Gasteiger partial charge in [0.2, 0.25) is 0 Å². The van der Waals surface area contributed by atoms with E-state index in [2.05, 4.69) is 15.4 Å². The van der Waals surface area contributed by atoms with E-state index in [1.165, 1.54) is 16.6 Å². The molecule has 13 heteroatoms. The van der Waals surface area contributed by atoms with Gasteiger partial charge in [-0.15, -0.1) is 5.10 Å². The first-order valence-corrected chi connectivity index (χ1v) is 13.6. The van der Waals surface area contributed by atoms with Crippen molar-refractivity contribution in [3.8, 4) is 0 Å².